The van der Waals surface area contributed by atoms with Crippen LogP contribution in [0.2, 0.25) is 0 Å². The van der Waals surface area contributed by atoms with Crippen LogP contribution in [0, 0.1) is 17.2 Å². The number of nitriles is 1. The van der Waals surface area contributed by atoms with E-state index in [9.17, 15) is 14.9 Å². The molecule has 0 spiro atoms. The highest BCUT2D eigenvalue weighted by Crippen LogP contribution is 2.41. The van der Waals surface area contributed by atoms with E-state index in [1.807, 2.05) is 18.2 Å². The van der Waals surface area contributed by atoms with Crippen molar-refractivity contribution in [3.8, 4) is 6.07 Å². The zero-order chi connectivity index (χ0) is 24.3. The molecule has 8 heteroatoms. The van der Waals surface area contributed by atoms with Crippen LogP contribution in [-0.4, -0.2) is 70.7 Å². The number of carbonyl (C=O) groups excluding carboxylic acids is 2. The molecule has 1 aromatic carbocycles. The first-order valence-corrected chi connectivity index (χ1v) is 12.4. The smallest absolute Gasteiger partial charge is 0.255 e. The maximum absolute atomic E-state index is 13.1. The summed E-state index contributed by atoms with van der Waals surface area (Å²) in [6, 6.07) is 14.7. The first-order chi connectivity index (χ1) is 17.1. The summed E-state index contributed by atoms with van der Waals surface area (Å²) in [6.45, 7) is 2.88. The Morgan fingerprint density at radius 2 is 1.77 bits per heavy atom. The number of benzene rings is 1. The quantitative estimate of drug-likeness (QED) is 0.495. The Bertz CT molecular complexity index is 1160. The molecule has 3 fully saturated rings. The molecule has 2 aromatic rings. The van der Waals surface area contributed by atoms with Crippen LogP contribution >= 0.6 is 0 Å². The van der Waals surface area contributed by atoms with Crippen LogP contribution in [0.3, 0.4) is 0 Å². The van der Waals surface area contributed by atoms with E-state index in [4.69, 9.17) is 4.99 Å². The van der Waals surface area contributed by atoms with Gasteiger partial charge in [0, 0.05) is 38.9 Å². The summed E-state index contributed by atoms with van der Waals surface area (Å²) in [5, 5.41) is 12.5. The van der Waals surface area contributed by atoms with Gasteiger partial charge in [0.2, 0.25) is 5.91 Å². The first kappa shape index (κ1) is 23.0. The molecular weight excluding hydrogens is 440 g/mol. The summed E-state index contributed by atoms with van der Waals surface area (Å²) < 4.78 is 0. The molecule has 2 heterocycles. The minimum atomic E-state index is -0.713. The molecule has 1 saturated heterocycles. The van der Waals surface area contributed by atoms with Gasteiger partial charge < -0.3 is 15.1 Å². The second kappa shape index (κ2) is 9.87. The highest BCUT2D eigenvalue weighted by Gasteiger charge is 2.51. The molecule has 180 valence electrons. The number of piperazine rings is 1. The molecule has 3 aliphatic rings. The number of carbonyl (C=O) groups is 2. The monoisotopic (exact) mass is 470 g/mol. The van der Waals surface area contributed by atoms with E-state index in [0.29, 0.717) is 49.7 Å². The lowest BCUT2D eigenvalue weighted by atomic mass is 10.1. The van der Waals surface area contributed by atoms with Crippen molar-refractivity contribution in [2.45, 2.75) is 37.6 Å². The molecule has 8 nitrogen and oxygen atoms in total. The predicted molar refractivity (Wildman–Crippen MR) is 132 cm³/mol. The summed E-state index contributed by atoms with van der Waals surface area (Å²) in [5.41, 5.74) is 0.842. The lowest BCUT2D eigenvalue weighted by molar-refractivity contribution is -0.123. The van der Waals surface area contributed by atoms with E-state index in [1.165, 1.54) is 12.8 Å². The van der Waals surface area contributed by atoms with Gasteiger partial charge in [0.05, 0.1) is 17.2 Å². The van der Waals surface area contributed by atoms with Crippen LogP contribution in [0.4, 0.5) is 0 Å². The van der Waals surface area contributed by atoms with Gasteiger partial charge in [-0.25, -0.2) is 4.99 Å². The van der Waals surface area contributed by atoms with Crippen molar-refractivity contribution in [1.29, 1.82) is 5.26 Å². The number of aliphatic imine (C=N–C) groups is 1. The Balaban J connectivity index is 1.30. The van der Waals surface area contributed by atoms with E-state index in [0.717, 1.165) is 30.9 Å². The fraction of sp³-hybridized carbons (Fsp3) is 0.444. The van der Waals surface area contributed by atoms with Crippen LogP contribution in [0.5, 0.6) is 0 Å². The second-order valence-electron chi connectivity index (χ2n) is 9.61. The van der Waals surface area contributed by atoms with Gasteiger partial charge in [0.15, 0.2) is 5.84 Å². The second-order valence-corrected chi connectivity index (χ2v) is 9.61. The number of nitrogens with one attached hydrogen (secondary N) is 1. The fourth-order valence-electron chi connectivity index (χ4n) is 4.52. The molecule has 0 atom stereocenters. The topological polar surface area (TPSA) is 102 Å². The molecule has 1 aliphatic heterocycles. The van der Waals surface area contributed by atoms with Gasteiger partial charge in [-0.2, -0.15) is 5.26 Å². The Hall–Kier alpha value is -3.73. The molecule has 5 rings (SSSR count). The number of hydrogen-bond donors (Lipinski definition) is 1. The van der Waals surface area contributed by atoms with Crippen molar-refractivity contribution < 1.29 is 9.59 Å². The third-order valence-electron chi connectivity index (χ3n) is 7.04. The average Bonchev–Trinajstić information content (AvgIpc) is 3.84. The van der Waals surface area contributed by atoms with E-state index in [1.54, 1.807) is 35.4 Å². The lowest BCUT2D eigenvalue weighted by Gasteiger charge is -2.37. The van der Waals surface area contributed by atoms with Crippen LogP contribution < -0.4 is 5.32 Å². The van der Waals surface area contributed by atoms with Gasteiger partial charge in [0.25, 0.3) is 5.91 Å². The molecule has 0 bridgehead atoms. The highest BCUT2D eigenvalue weighted by molar-refractivity contribution is 6.01. The van der Waals surface area contributed by atoms with E-state index < -0.39 is 5.54 Å². The Morgan fingerprint density at radius 1 is 1.06 bits per heavy atom. The fourth-order valence-corrected chi connectivity index (χ4v) is 4.52. The molecule has 1 N–H and O–H groups in total. The molecule has 1 aromatic heterocycles. The highest BCUT2D eigenvalue weighted by atomic mass is 16.2. The summed E-state index contributed by atoms with van der Waals surface area (Å²) in [6.07, 6.45) is 6.81. The maximum Gasteiger partial charge on any atom is 0.255 e. The number of amidine groups is 1. The van der Waals surface area contributed by atoms with Crippen molar-refractivity contribution in [1.82, 2.24) is 20.1 Å². The minimum absolute atomic E-state index is 0.00788. The first-order valence-electron chi connectivity index (χ1n) is 12.4. The zero-order valence-electron chi connectivity index (χ0n) is 19.8. The Labute approximate surface area is 205 Å². The number of aromatic nitrogens is 1. The maximum atomic E-state index is 13.1. The van der Waals surface area contributed by atoms with Gasteiger partial charge in [-0.05, 0) is 49.4 Å². The van der Waals surface area contributed by atoms with E-state index in [2.05, 4.69) is 21.3 Å². The largest absolute Gasteiger partial charge is 0.354 e. The van der Waals surface area contributed by atoms with Crippen molar-refractivity contribution >= 4 is 17.6 Å². The summed E-state index contributed by atoms with van der Waals surface area (Å²) in [7, 11) is 0. The summed E-state index contributed by atoms with van der Waals surface area (Å²) >= 11 is 0. The number of nitrogens with zero attached hydrogens (tertiary/aromatic N) is 5. The van der Waals surface area contributed by atoms with Gasteiger partial charge >= 0.3 is 0 Å². The third-order valence-corrected chi connectivity index (χ3v) is 7.04. The number of rotatable bonds is 7. The molecule has 35 heavy (non-hydrogen) atoms. The van der Waals surface area contributed by atoms with Crippen molar-refractivity contribution in [2.75, 3.05) is 32.7 Å². The van der Waals surface area contributed by atoms with Crippen molar-refractivity contribution in [2.24, 2.45) is 10.9 Å². The number of amides is 2. The van der Waals surface area contributed by atoms with Gasteiger partial charge in [-0.3, -0.25) is 14.6 Å². The Morgan fingerprint density at radius 3 is 2.43 bits per heavy atom. The summed E-state index contributed by atoms with van der Waals surface area (Å²) in [4.78, 5) is 39.5. The van der Waals surface area contributed by atoms with Crippen LogP contribution in [0.15, 0.2) is 53.7 Å². The molecule has 0 radical (unpaired) electrons. The van der Waals surface area contributed by atoms with E-state index >= 15 is 0 Å². The van der Waals surface area contributed by atoms with E-state index in [-0.39, 0.29) is 11.8 Å². The standard InChI is InChI=1S/C27H30N6O2/c28-19-21-5-1-2-6-22(21)25(34)33-17-15-32(16-18-33)24(23-7-3-4-13-29-23)31-27(11-12-27)26(35)30-14-10-20-8-9-20/h1-7,13,20H,8-12,14-18H2,(H,30,35). The van der Waals surface area contributed by atoms with Crippen LogP contribution in [0.25, 0.3) is 0 Å². The van der Waals surface area contributed by atoms with Crippen LogP contribution in [0.1, 0.15) is 53.7 Å². The minimum Gasteiger partial charge on any atom is -0.354 e. The summed E-state index contributed by atoms with van der Waals surface area (Å²) in [5.74, 6) is 1.36. The van der Waals surface area contributed by atoms with Crippen molar-refractivity contribution in [3.05, 3.63) is 65.5 Å². The normalized spacial score (nSPS) is 19.1. The molecule has 2 saturated carbocycles. The predicted octanol–water partition coefficient (Wildman–Crippen LogP) is 2.61. The average molecular weight is 471 g/mol. The SMILES string of the molecule is N#Cc1ccccc1C(=O)N1CCN(C(=NC2(C(=O)NCCC3CC3)CC2)c2ccccn2)CC1. The molecule has 2 amide bonds. The zero-order valence-corrected chi connectivity index (χ0v) is 19.8. The number of hydrogen-bond acceptors (Lipinski definition) is 5. The molecule has 2 aliphatic carbocycles. The lowest BCUT2D eigenvalue weighted by Crippen LogP contribution is -2.51. The molecular formula is C27H30N6O2. The third kappa shape index (κ3) is 5.19. The van der Waals surface area contributed by atoms with Gasteiger partial charge in [-0.15, -0.1) is 0 Å². The number of pyridine rings is 1. The van der Waals surface area contributed by atoms with Crippen LogP contribution in [-0.2, 0) is 4.79 Å². The molecule has 0 unspecified atom stereocenters. The van der Waals surface area contributed by atoms with Gasteiger partial charge in [0.1, 0.15) is 11.2 Å². The Kier molecular flexibility index (Phi) is 6.49. The van der Waals surface area contributed by atoms with Crippen molar-refractivity contribution in [3.63, 3.8) is 0 Å². The van der Waals surface area contributed by atoms with Gasteiger partial charge in [-0.1, -0.05) is 31.0 Å².